The molecule has 0 aliphatic carbocycles. The Morgan fingerprint density at radius 1 is 1.54 bits per heavy atom. The molecule has 0 amide bonds. The van der Waals surface area contributed by atoms with Crippen molar-refractivity contribution in [3.8, 4) is 0 Å². The van der Waals surface area contributed by atoms with E-state index in [9.17, 15) is 0 Å². The smallest absolute Gasteiger partial charge is 0.145 e. The average Bonchev–Trinajstić information content (AvgIpc) is 2.64. The van der Waals surface area contributed by atoms with Crippen molar-refractivity contribution in [1.29, 1.82) is 0 Å². The molecule has 0 unspecified atom stereocenters. The van der Waals surface area contributed by atoms with Gasteiger partial charge in [0, 0.05) is 6.20 Å². The number of aromatic nitrogens is 4. The number of nitrogens with zero attached hydrogens (tertiary/aromatic N) is 4. The lowest BCUT2D eigenvalue weighted by molar-refractivity contribution is 0.300. The maximum absolute atomic E-state index is 5.45. The summed E-state index contributed by atoms with van der Waals surface area (Å²) >= 11 is 0. The summed E-state index contributed by atoms with van der Waals surface area (Å²) in [5.74, 6) is 0.495. The van der Waals surface area contributed by atoms with E-state index in [4.69, 9.17) is 5.73 Å². The van der Waals surface area contributed by atoms with E-state index in [-0.39, 0.29) is 0 Å². The molecule has 0 aliphatic heterocycles. The summed E-state index contributed by atoms with van der Waals surface area (Å²) in [4.78, 5) is 0. The van der Waals surface area contributed by atoms with Gasteiger partial charge in [-0.25, -0.2) is 4.63 Å². The molecule has 13 heavy (non-hydrogen) atoms. The van der Waals surface area contributed by atoms with Crippen molar-refractivity contribution in [3.05, 3.63) is 23.7 Å². The third kappa shape index (κ3) is 1.51. The van der Waals surface area contributed by atoms with Crippen LogP contribution < -0.4 is 5.73 Å². The molecule has 2 heterocycles. The van der Waals surface area contributed by atoms with Crippen LogP contribution in [0.15, 0.2) is 16.9 Å². The zero-order valence-electron chi connectivity index (χ0n) is 7.14. The Kier molecular flexibility index (Phi) is 1.73. The van der Waals surface area contributed by atoms with Gasteiger partial charge >= 0.3 is 0 Å². The SMILES string of the molecule is Cc1nonc1Cn1ccc(N)n1. The van der Waals surface area contributed by atoms with Crippen LogP contribution in [0.2, 0.25) is 0 Å². The van der Waals surface area contributed by atoms with E-state index in [1.807, 2.05) is 6.92 Å². The Morgan fingerprint density at radius 2 is 2.38 bits per heavy atom. The van der Waals surface area contributed by atoms with E-state index in [2.05, 4.69) is 20.0 Å². The molecule has 0 saturated heterocycles. The lowest BCUT2D eigenvalue weighted by Crippen LogP contribution is -2.02. The van der Waals surface area contributed by atoms with Crippen LogP contribution in [0, 0.1) is 6.92 Å². The molecule has 2 aromatic heterocycles. The largest absolute Gasteiger partial charge is 0.382 e. The molecule has 0 radical (unpaired) electrons. The van der Waals surface area contributed by atoms with Crippen molar-refractivity contribution in [2.75, 3.05) is 5.73 Å². The minimum Gasteiger partial charge on any atom is -0.382 e. The number of rotatable bonds is 2. The van der Waals surface area contributed by atoms with Crippen molar-refractivity contribution >= 4 is 5.82 Å². The van der Waals surface area contributed by atoms with Gasteiger partial charge in [-0.05, 0) is 13.0 Å². The van der Waals surface area contributed by atoms with Crippen LogP contribution in [0.25, 0.3) is 0 Å². The van der Waals surface area contributed by atoms with Gasteiger partial charge in [-0.3, -0.25) is 4.68 Å². The fourth-order valence-electron chi connectivity index (χ4n) is 1.01. The lowest BCUT2D eigenvalue weighted by Gasteiger charge is -1.95. The third-order valence-electron chi connectivity index (χ3n) is 1.72. The molecule has 6 nitrogen and oxygen atoms in total. The van der Waals surface area contributed by atoms with Gasteiger partial charge in [0.1, 0.15) is 17.2 Å². The minimum absolute atomic E-state index is 0.495. The summed E-state index contributed by atoms with van der Waals surface area (Å²) < 4.78 is 6.23. The highest BCUT2D eigenvalue weighted by molar-refractivity contribution is 5.24. The highest BCUT2D eigenvalue weighted by Gasteiger charge is 2.05. The van der Waals surface area contributed by atoms with Crippen molar-refractivity contribution in [2.24, 2.45) is 0 Å². The van der Waals surface area contributed by atoms with Gasteiger partial charge in [0.25, 0.3) is 0 Å². The summed E-state index contributed by atoms with van der Waals surface area (Å²) in [7, 11) is 0. The number of nitrogens with two attached hydrogens (primary N) is 1. The number of aryl methyl sites for hydroxylation is 1. The van der Waals surface area contributed by atoms with Crippen LogP contribution in [0.1, 0.15) is 11.4 Å². The van der Waals surface area contributed by atoms with Gasteiger partial charge in [0.05, 0.1) is 6.54 Å². The van der Waals surface area contributed by atoms with Crippen molar-refractivity contribution in [1.82, 2.24) is 20.1 Å². The van der Waals surface area contributed by atoms with E-state index in [1.54, 1.807) is 16.9 Å². The Hall–Kier alpha value is -1.85. The molecule has 0 aliphatic rings. The van der Waals surface area contributed by atoms with Gasteiger partial charge in [-0.2, -0.15) is 5.10 Å². The second-order valence-corrected chi connectivity index (χ2v) is 2.73. The number of anilines is 1. The van der Waals surface area contributed by atoms with Gasteiger partial charge < -0.3 is 5.73 Å². The zero-order valence-corrected chi connectivity index (χ0v) is 7.14. The quantitative estimate of drug-likeness (QED) is 0.712. The first-order valence-corrected chi connectivity index (χ1v) is 3.82. The molecule has 0 atom stereocenters. The van der Waals surface area contributed by atoms with Crippen molar-refractivity contribution in [2.45, 2.75) is 13.5 Å². The summed E-state index contributed by atoms with van der Waals surface area (Å²) in [5.41, 5.74) is 6.99. The predicted molar refractivity (Wildman–Crippen MR) is 44.8 cm³/mol. The molecule has 2 N–H and O–H groups in total. The van der Waals surface area contributed by atoms with Gasteiger partial charge in [-0.15, -0.1) is 0 Å². The number of nitrogen functional groups attached to an aromatic ring is 1. The Bertz CT molecular complexity index is 404. The standard InChI is InChI=1S/C7H9N5O/c1-5-6(11-13-10-5)4-12-3-2-7(8)9-12/h2-3H,4H2,1H3,(H2,8,9). The summed E-state index contributed by atoms with van der Waals surface area (Å²) in [6, 6.07) is 1.73. The van der Waals surface area contributed by atoms with E-state index in [0.29, 0.717) is 12.4 Å². The highest BCUT2D eigenvalue weighted by atomic mass is 16.6. The van der Waals surface area contributed by atoms with Crippen molar-refractivity contribution < 1.29 is 4.63 Å². The predicted octanol–water partition coefficient (Wildman–Crippen LogP) is 0.205. The van der Waals surface area contributed by atoms with Crippen LogP contribution in [-0.4, -0.2) is 20.1 Å². The number of hydrogen-bond acceptors (Lipinski definition) is 5. The van der Waals surface area contributed by atoms with Crippen LogP contribution >= 0.6 is 0 Å². The second kappa shape index (κ2) is 2.89. The molecule has 6 heteroatoms. The summed E-state index contributed by atoms with van der Waals surface area (Å²) in [5, 5.41) is 11.4. The Labute approximate surface area is 74.3 Å². The first-order chi connectivity index (χ1) is 6.25. The summed E-state index contributed by atoms with van der Waals surface area (Å²) in [6.45, 7) is 2.37. The fourth-order valence-corrected chi connectivity index (χ4v) is 1.01. The normalized spacial score (nSPS) is 10.5. The molecule has 0 spiro atoms. The molecule has 0 fully saturated rings. The second-order valence-electron chi connectivity index (χ2n) is 2.73. The maximum Gasteiger partial charge on any atom is 0.145 e. The molecule has 0 saturated carbocycles. The van der Waals surface area contributed by atoms with Crippen LogP contribution in [0.3, 0.4) is 0 Å². The van der Waals surface area contributed by atoms with E-state index in [1.165, 1.54) is 0 Å². The number of hydrogen-bond donors (Lipinski definition) is 1. The van der Waals surface area contributed by atoms with Crippen LogP contribution in [-0.2, 0) is 6.54 Å². The third-order valence-corrected chi connectivity index (χ3v) is 1.72. The van der Waals surface area contributed by atoms with Gasteiger partial charge in [0.15, 0.2) is 0 Å². The minimum atomic E-state index is 0.495. The van der Waals surface area contributed by atoms with Crippen molar-refractivity contribution in [3.63, 3.8) is 0 Å². The molecular weight excluding hydrogens is 170 g/mol. The topological polar surface area (TPSA) is 82.8 Å². The monoisotopic (exact) mass is 179 g/mol. The van der Waals surface area contributed by atoms with Crippen LogP contribution in [0.4, 0.5) is 5.82 Å². The van der Waals surface area contributed by atoms with E-state index >= 15 is 0 Å². The Balaban J connectivity index is 2.19. The first-order valence-electron chi connectivity index (χ1n) is 3.82. The Morgan fingerprint density at radius 3 is 2.92 bits per heavy atom. The fraction of sp³-hybridized carbons (Fsp3) is 0.286. The maximum atomic E-state index is 5.45. The van der Waals surface area contributed by atoms with Gasteiger partial charge in [0.2, 0.25) is 0 Å². The van der Waals surface area contributed by atoms with Gasteiger partial charge in [-0.1, -0.05) is 10.3 Å². The molecule has 68 valence electrons. The lowest BCUT2D eigenvalue weighted by atomic mass is 10.3. The van der Waals surface area contributed by atoms with E-state index < -0.39 is 0 Å². The summed E-state index contributed by atoms with van der Waals surface area (Å²) in [6.07, 6.45) is 1.78. The molecule has 2 aromatic rings. The molecule has 0 aromatic carbocycles. The van der Waals surface area contributed by atoms with E-state index in [0.717, 1.165) is 11.4 Å². The zero-order chi connectivity index (χ0) is 9.26. The molecule has 0 bridgehead atoms. The molecule has 2 rings (SSSR count). The average molecular weight is 179 g/mol. The van der Waals surface area contributed by atoms with Crippen LogP contribution in [0.5, 0.6) is 0 Å². The molecular formula is C7H9N5O. The highest BCUT2D eigenvalue weighted by Crippen LogP contribution is 2.04. The first kappa shape index (κ1) is 7.78.